The van der Waals surface area contributed by atoms with E-state index in [-0.39, 0.29) is 5.02 Å². The summed E-state index contributed by atoms with van der Waals surface area (Å²) in [7, 11) is 0. The van der Waals surface area contributed by atoms with Gasteiger partial charge in [0, 0.05) is 32.4 Å². The first-order valence-electron chi connectivity index (χ1n) is 7.76. The molecule has 1 aliphatic rings. The fraction of sp³-hybridized carbons (Fsp3) is 0.235. The molecule has 0 unspecified atom stereocenters. The number of anilines is 2. The molecule has 130 valence electrons. The first-order valence-corrected chi connectivity index (χ1v) is 8.52. The lowest BCUT2D eigenvalue weighted by Crippen LogP contribution is -2.51. The number of piperazine rings is 1. The highest BCUT2D eigenvalue weighted by molar-refractivity contribution is 6.45. The number of halogens is 2. The van der Waals surface area contributed by atoms with Gasteiger partial charge >= 0.3 is 11.8 Å². The highest BCUT2D eigenvalue weighted by Crippen LogP contribution is 2.29. The first-order chi connectivity index (χ1) is 12.1. The highest BCUT2D eigenvalue weighted by Gasteiger charge is 2.27. The summed E-state index contributed by atoms with van der Waals surface area (Å²) in [6.07, 6.45) is 1.73. The number of amides is 2. The van der Waals surface area contributed by atoms with Crippen LogP contribution in [0.25, 0.3) is 0 Å². The van der Waals surface area contributed by atoms with Crippen LogP contribution < -0.4 is 10.2 Å². The minimum Gasteiger partial charge on any atom is -0.353 e. The predicted molar refractivity (Wildman–Crippen MR) is 98.1 cm³/mol. The van der Waals surface area contributed by atoms with Crippen LogP contribution in [-0.4, -0.2) is 47.9 Å². The molecule has 3 rings (SSSR count). The molecular weight excluding hydrogens is 363 g/mol. The van der Waals surface area contributed by atoms with Gasteiger partial charge in [-0.2, -0.15) is 0 Å². The zero-order valence-electron chi connectivity index (χ0n) is 13.3. The van der Waals surface area contributed by atoms with Gasteiger partial charge in [-0.1, -0.05) is 35.3 Å². The number of hydrogen-bond donors (Lipinski definition) is 1. The number of rotatable bonds is 2. The molecule has 1 fully saturated rings. The van der Waals surface area contributed by atoms with E-state index in [1.165, 1.54) is 4.90 Å². The van der Waals surface area contributed by atoms with Crippen molar-refractivity contribution in [3.63, 3.8) is 0 Å². The summed E-state index contributed by atoms with van der Waals surface area (Å²) in [5, 5.41) is 3.05. The summed E-state index contributed by atoms with van der Waals surface area (Å²) in [6, 6.07) is 10.6. The molecule has 1 aromatic heterocycles. The Morgan fingerprint density at radius 3 is 2.44 bits per heavy atom. The number of nitrogens with one attached hydrogen (secondary N) is 1. The summed E-state index contributed by atoms with van der Waals surface area (Å²) in [6.45, 7) is 2.14. The van der Waals surface area contributed by atoms with Gasteiger partial charge < -0.3 is 15.1 Å². The molecule has 8 heteroatoms. The van der Waals surface area contributed by atoms with Crippen molar-refractivity contribution in [2.75, 3.05) is 36.4 Å². The minimum absolute atomic E-state index is 0.213. The lowest BCUT2D eigenvalue weighted by atomic mass is 10.2. The van der Waals surface area contributed by atoms with Crippen LogP contribution in [0.2, 0.25) is 10.0 Å². The van der Waals surface area contributed by atoms with Crippen molar-refractivity contribution >= 4 is 46.5 Å². The van der Waals surface area contributed by atoms with E-state index in [0.29, 0.717) is 36.9 Å². The Kier molecular flexibility index (Phi) is 5.40. The molecule has 1 aliphatic heterocycles. The van der Waals surface area contributed by atoms with E-state index in [0.717, 1.165) is 5.82 Å². The van der Waals surface area contributed by atoms with E-state index >= 15 is 0 Å². The maximum Gasteiger partial charge on any atom is 0.313 e. The van der Waals surface area contributed by atoms with Crippen LogP contribution in [0.4, 0.5) is 11.5 Å². The molecule has 0 spiro atoms. The van der Waals surface area contributed by atoms with Gasteiger partial charge in [0.15, 0.2) is 0 Å². The molecule has 1 saturated heterocycles. The maximum absolute atomic E-state index is 12.3. The average Bonchev–Trinajstić information content (AvgIpc) is 2.65. The second-order valence-corrected chi connectivity index (χ2v) is 6.31. The molecule has 2 amide bonds. The van der Waals surface area contributed by atoms with E-state index in [9.17, 15) is 9.59 Å². The van der Waals surface area contributed by atoms with E-state index in [2.05, 4.69) is 15.2 Å². The molecule has 0 radical (unpaired) electrons. The Morgan fingerprint density at radius 1 is 1.00 bits per heavy atom. The largest absolute Gasteiger partial charge is 0.353 e. The zero-order chi connectivity index (χ0) is 17.8. The number of carbonyl (C=O) groups is 2. The molecule has 25 heavy (non-hydrogen) atoms. The van der Waals surface area contributed by atoms with E-state index in [4.69, 9.17) is 23.2 Å². The van der Waals surface area contributed by atoms with Crippen molar-refractivity contribution in [1.29, 1.82) is 0 Å². The quantitative estimate of drug-likeness (QED) is 0.815. The Bertz CT molecular complexity index is 777. The monoisotopic (exact) mass is 378 g/mol. The smallest absolute Gasteiger partial charge is 0.313 e. The van der Waals surface area contributed by atoms with Gasteiger partial charge in [-0.25, -0.2) is 4.98 Å². The highest BCUT2D eigenvalue weighted by atomic mass is 35.5. The van der Waals surface area contributed by atoms with Crippen LogP contribution in [0.5, 0.6) is 0 Å². The number of hydrogen-bond acceptors (Lipinski definition) is 4. The zero-order valence-corrected chi connectivity index (χ0v) is 14.8. The summed E-state index contributed by atoms with van der Waals surface area (Å²) in [5.74, 6) is -0.447. The van der Waals surface area contributed by atoms with Crippen molar-refractivity contribution in [3.05, 3.63) is 52.6 Å². The Labute approximate surface area is 155 Å². The molecular formula is C17H16Cl2N4O2. The Hall–Kier alpha value is -2.31. The van der Waals surface area contributed by atoms with Crippen molar-refractivity contribution < 1.29 is 9.59 Å². The summed E-state index contributed by atoms with van der Waals surface area (Å²) >= 11 is 11.9. The summed E-state index contributed by atoms with van der Waals surface area (Å²) in [4.78, 5) is 32.4. The van der Waals surface area contributed by atoms with E-state index in [1.54, 1.807) is 24.4 Å². The lowest BCUT2D eigenvalue weighted by Gasteiger charge is -2.35. The molecule has 6 nitrogen and oxygen atoms in total. The van der Waals surface area contributed by atoms with Crippen molar-refractivity contribution in [2.24, 2.45) is 0 Å². The van der Waals surface area contributed by atoms with Crippen molar-refractivity contribution in [3.8, 4) is 0 Å². The average molecular weight is 379 g/mol. The molecule has 0 aliphatic carbocycles. The van der Waals surface area contributed by atoms with Crippen LogP contribution in [0.1, 0.15) is 0 Å². The SMILES string of the molecule is O=C(Nc1cccc(Cl)c1Cl)C(=O)N1CCN(c2ccccn2)CC1. The molecule has 1 N–H and O–H groups in total. The van der Waals surface area contributed by atoms with Gasteiger partial charge in [-0.3, -0.25) is 9.59 Å². The first kappa shape index (κ1) is 17.5. The molecule has 0 atom stereocenters. The van der Waals surface area contributed by atoms with Crippen molar-refractivity contribution in [2.45, 2.75) is 0 Å². The third kappa shape index (κ3) is 4.03. The van der Waals surface area contributed by atoms with E-state index < -0.39 is 11.8 Å². The molecule has 2 aromatic rings. The van der Waals surface area contributed by atoms with Gasteiger partial charge in [0.05, 0.1) is 15.7 Å². The van der Waals surface area contributed by atoms with E-state index in [1.807, 2.05) is 18.2 Å². The maximum atomic E-state index is 12.3. The van der Waals surface area contributed by atoms with Gasteiger partial charge in [0.25, 0.3) is 0 Å². The minimum atomic E-state index is -0.726. The number of carbonyl (C=O) groups excluding carboxylic acids is 2. The van der Waals surface area contributed by atoms with Crippen LogP contribution >= 0.6 is 23.2 Å². The standard InChI is InChI=1S/C17H16Cl2N4O2/c18-12-4-3-5-13(15(12)19)21-16(24)17(25)23-10-8-22(9-11-23)14-6-1-2-7-20-14/h1-7H,8-11H2,(H,21,24). The van der Waals surface area contributed by atoms with Gasteiger partial charge in [0.2, 0.25) is 0 Å². The lowest BCUT2D eigenvalue weighted by molar-refractivity contribution is -0.143. The molecule has 2 heterocycles. The topological polar surface area (TPSA) is 65.5 Å². The van der Waals surface area contributed by atoms with Gasteiger partial charge in [-0.05, 0) is 24.3 Å². The number of pyridine rings is 1. The third-order valence-electron chi connectivity index (χ3n) is 3.93. The normalized spacial score (nSPS) is 14.3. The Balaban J connectivity index is 1.59. The predicted octanol–water partition coefficient (Wildman–Crippen LogP) is 2.68. The summed E-state index contributed by atoms with van der Waals surface area (Å²) in [5.41, 5.74) is 0.319. The second-order valence-electron chi connectivity index (χ2n) is 5.52. The molecule has 1 aromatic carbocycles. The molecule has 0 bridgehead atoms. The molecule has 0 saturated carbocycles. The third-order valence-corrected chi connectivity index (χ3v) is 4.75. The second kappa shape index (κ2) is 7.72. The van der Waals surface area contributed by atoms with Crippen LogP contribution in [-0.2, 0) is 9.59 Å². The number of aromatic nitrogens is 1. The van der Waals surface area contributed by atoms with Crippen LogP contribution in [0.3, 0.4) is 0 Å². The fourth-order valence-corrected chi connectivity index (χ4v) is 2.95. The fourth-order valence-electron chi connectivity index (χ4n) is 2.60. The van der Waals surface area contributed by atoms with Gasteiger partial charge in [-0.15, -0.1) is 0 Å². The van der Waals surface area contributed by atoms with Crippen molar-refractivity contribution in [1.82, 2.24) is 9.88 Å². The van der Waals surface area contributed by atoms with Crippen LogP contribution in [0.15, 0.2) is 42.6 Å². The number of nitrogens with zero attached hydrogens (tertiary/aromatic N) is 3. The van der Waals surface area contributed by atoms with Gasteiger partial charge in [0.1, 0.15) is 5.82 Å². The van der Waals surface area contributed by atoms with Crippen LogP contribution in [0, 0.1) is 0 Å². The summed E-state index contributed by atoms with van der Waals surface area (Å²) < 4.78 is 0. The number of benzene rings is 1. The Morgan fingerprint density at radius 2 is 1.76 bits per heavy atom.